The molecule has 0 aliphatic carbocycles. The first-order valence-electron chi connectivity index (χ1n) is 4.36. The molecule has 15 heavy (non-hydrogen) atoms. The summed E-state index contributed by atoms with van der Waals surface area (Å²) >= 11 is 0. The van der Waals surface area contributed by atoms with Crippen LogP contribution in [0.15, 0.2) is 12.3 Å². The van der Waals surface area contributed by atoms with E-state index >= 15 is 0 Å². The first kappa shape index (κ1) is 11.1. The van der Waals surface area contributed by atoms with Gasteiger partial charge in [0.05, 0.1) is 11.5 Å². The molecule has 0 bridgehead atoms. The standard InChI is InChI=1S/C10H10N2O3/c1-8-10(12(14)15)6-9(7-11-8)4-2-3-5-13/h6-7,13H,3,5H2,1H3. The van der Waals surface area contributed by atoms with Crippen LogP contribution >= 0.6 is 0 Å². The summed E-state index contributed by atoms with van der Waals surface area (Å²) in [6, 6.07) is 1.38. The molecule has 1 aromatic rings. The van der Waals surface area contributed by atoms with E-state index in [2.05, 4.69) is 16.8 Å². The molecule has 0 unspecified atom stereocenters. The van der Waals surface area contributed by atoms with Gasteiger partial charge in [-0.3, -0.25) is 15.1 Å². The van der Waals surface area contributed by atoms with Gasteiger partial charge in [-0.05, 0) is 6.92 Å². The van der Waals surface area contributed by atoms with Crippen molar-refractivity contribution >= 4 is 5.69 Å². The Morgan fingerprint density at radius 1 is 1.67 bits per heavy atom. The highest BCUT2D eigenvalue weighted by molar-refractivity contribution is 5.43. The molecule has 5 heteroatoms. The van der Waals surface area contributed by atoms with E-state index in [4.69, 9.17) is 5.11 Å². The molecule has 1 aromatic heterocycles. The topological polar surface area (TPSA) is 76.3 Å². The maximum atomic E-state index is 10.6. The van der Waals surface area contributed by atoms with Gasteiger partial charge in [0.15, 0.2) is 0 Å². The lowest BCUT2D eigenvalue weighted by molar-refractivity contribution is -0.385. The van der Waals surface area contributed by atoms with E-state index < -0.39 is 4.92 Å². The van der Waals surface area contributed by atoms with Gasteiger partial charge in [-0.15, -0.1) is 0 Å². The fourth-order valence-corrected chi connectivity index (χ4v) is 0.995. The summed E-state index contributed by atoms with van der Waals surface area (Å²) in [5, 5.41) is 19.1. The van der Waals surface area contributed by atoms with Crippen molar-refractivity contribution in [3.05, 3.63) is 33.6 Å². The zero-order valence-corrected chi connectivity index (χ0v) is 8.23. The quantitative estimate of drug-likeness (QED) is 0.445. The van der Waals surface area contributed by atoms with Crippen molar-refractivity contribution in [2.24, 2.45) is 0 Å². The molecule has 78 valence electrons. The fourth-order valence-electron chi connectivity index (χ4n) is 0.995. The van der Waals surface area contributed by atoms with E-state index in [1.165, 1.54) is 12.3 Å². The summed E-state index contributed by atoms with van der Waals surface area (Å²) in [6.45, 7) is 1.55. The second-order valence-corrected chi connectivity index (χ2v) is 2.86. The number of nitrogens with zero attached hydrogens (tertiary/aromatic N) is 2. The Kier molecular flexibility index (Phi) is 3.77. The van der Waals surface area contributed by atoms with E-state index in [0.717, 1.165) is 0 Å². The van der Waals surface area contributed by atoms with Gasteiger partial charge in [0.1, 0.15) is 5.69 Å². The summed E-state index contributed by atoms with van der Waals surface area (Å²) in [5.74, 6) is 5.37. The van der Waals surface area contributed by atoms with Crippen LogP contribution in [0, 0.1) is 28.9 Å². The van der Waals surface area contributed by atoms with E-state index in [1.807, 2.05) is 0 Å². The molecular weight excluding hydrogens is 196 g/mol. The Morgan fingerprint density at radius 2 is 2.40 bits per heavy atom. The van der Waals surface area contributed by atoms with Crippen LogP contribution in [-0.4, -0.2) is 21.6 Å². The molecule has 1 heterocycles. The monoisotopic (exact) mass is 206 g/mol. The smallest absolute Gasteiger partial charge is 0.291 e. The van der Waals surface area contributed by atoms with Crippen molar-refractivity contribution < 1.29 is 10.0 Å². The predicted molar refractivity (Wildman–Crippen MR) is 54.2 cm³/mol. The molecule has 0 fully saturated rings. The Hall–Kier alpha value is -1.93. The first-order chi connectivity index (χ1) is 7.15. The zero-order valence-electron chi connectivity index (χ0n) is 8.23. The van der Waals surface area contributed by atoms with E-state index in [0.29, 0.717) is 17.7 Å². The third-order valence-electron chi connectivity index (χ3n) is 1.73. The Labute approximate surface area is 86.9 Å². The van der Waals surface area contributed by atoms with Gasteiger partial charge >= 0.3 is 0 Å². The Balaban J connectivity index is 2.99. The molecule has 0 aliphatic rings. The van der Waals surface area contributed by atoms with Gasteiger partial charge in [0.2, 0.25) is 0 Å². The molecular formula is C10H10N2O3. The molecule has 5 nitrogen and oxygen atoms in total. The second-order valence-electron chi connectivity index (χ2n) is 2.86. The minimum absolute atomic E-state index is 0.0195. The van der Waals surface area contributed by atoms with Crippen molar-refractivity contribution in [1.29, 1.82) is 0 Å². The third kappa shape index (κ3) is 3.04. The Morgan fingerprint density at radius 3 is 3.00 bits per heavy atom. The van der Waals surface area contributed by atoms with Crippen LogP contribution in [-0.2, 0) is 0 Å². The molecule has 0 spiro atoms. The van der Waals surface area contributed by atoms with Crippen LogP contribution in [0.4, 0.5) is 5.69 Å². The predicted octanol–water partition coefficient (Wildman–Crippen LogP) is 1.03. The second kappa shape index (κ2) is 5.08. The summed E-state index contributed by atoms with van der Waals surface area (Å²) < 4.78 is 0. The number of pyridine rings is 1. The molecule has 0 saturated heterocycles. The van der Waals surface area contributed by atoms with Gasteiger partial charge in [0, 0.05) is 24.2 Å². The highest BCUT2D eigenvalue weighted by atomic mass is 16.6. The van der Waals surface area contributed by atoms with Crippen molar-refractivity contribution in [3.63, 3.8) is 0 Å². The zero-order chi connectivity index (χ0) is 11.3. The van der Waals surface area contributed by atoms with Gasteiger partial charge in [-0.2, -0.15) is 0 Å². The van der Waals surface area contributed by atoms with Crippen LogP contribution < -0.4 is 0 Å². The van der Waals surface area contributed by atoms with Gasteiger partial charge < -0.3 is 5.11 Å². The minimum atomic E-state index is -0.487. The van der Waals surface area contributed by atoms with Gasteiger partial charge in [-0.25, -0.2) is 0 Å². The van der Waals surface area contributed by atoms with E-state index in [9.17, 15) is 10.1 Å². The SMILES string of the molecule is Cc1ncc(C#CCCO)cc1[N+](=O)[O-]. The van der Waals surface area contributed by atoms with E-state index in [-0.39, 0.29) is 12.3 Å². The summed E-state index contributed by atoms with van der Waals surface area (Å²) in [6.07, 6.45) is 1.83. The maximum Gasteiger partial charge on any atom is 0.291 e. The lowest BCUT2D eigenvalue weighted by Gasteiger charge is -1.95. The summed E-state index contributed by atoms with van der Waals surface area (Å²) in [4.78, 5) is 14.0. The number of aliphatic hydroxyl groups excluding tert-OH is 1. The summed E-state index contributed by atoms with van der Waals surface area (Å²) in [5.41, 5.74) is 0.819. The van der Waals surface area contributed by atoms with Crippen molar-refractivity contribution in [2.75, 3.05) is 6.61 Å². The lowest BCUT2D eigenvalue weighted by atomic mass is 10.2. The first-order valence-corrected chi connectivity index (χ1v) is 4.36. The molecule has 1 N–H and O–H groups in total. The molecule has 1 rings (SSSR count). The number of aromatic nitrogens is 1. The van der Waals surface area contributed by atoms with Crippen LogP contribution in [0.25, 0.3) is 0 Å². The molecule has 0 atom stereocenters. The van der Waals surface area contributed by atoms with Crippen LogP contribution in [0.1, 0.15) is 17.7 Å². The highest BCUT2D eigenvalue weighted by Crippen LogP contribution is 2.15. The van der Waals surface area contributed by atoms with Crippen molar-refractivity contribution in [3.8, 4) is 11.8 Å². The number of aliphatic hydroxyl groups is 1. The van der Waals surface area contributed by atoms with Gasteiger partial charge in [-0.1, -0.05) is 11.8 Å². The number of aryl methyl sites for hydroxylation is 1. The largest absolute Gasteiger partial charge is 0.395 e. The minimum Gasteiger partial charge on any atom is -0.395 e. The summed E-state index contributed by atoms with van der Waals surface area (Å²) in [7, 11) is 0. The molecule has 0 saturated carbocycles. The third-order valence-corrected chi connectivity index (χ3v) is 1.73. The molecule has 0 aromatic carbocycles. The average Bonchev–Trinajstić information content (AvgIpc) is 2.20. The van der Waals surface area contributed by atoms with Crippen LogP contribution in [0.5, 0.6) is 0 Å². The van der Waals surface area contributed by atoms with Crippen LogP contribution in [0.3, 0.4) is 0 Å². The van der Waals surface area contributed by atoms with Crippen molar-refractivity contribution in [2.45, 2.75) is 13.3 Å². The van der Waals surface area contributed by atoms with Crippen molar-refractivity contribution in [1.82, 2.24) is 4.98 Å². The van der Waals surface area contributed by atoms with Gasteiger partial charge in [0.25, 0.3) is 5.69 Å². The average molecular weight is 206 g/mol. The number of rotatable bonds is 2. The lowest BCUT2D eigenvalue weighted by Crippen LogP contribution is -1.95. The highest BCUT2D eigenvalue weighted by Gasteiger charge is 2.11. The Bertz CT molecular complexity index is 432. The normalized spacial score (nSPS) is 9.20. The fraction of sp³-hybridized carbons (Fsp3) is 0.300. The van der Waals surface area contributed by atoms with Crippen LogP contribution in [0.2, 0.25) is 0 Å². The maximum absolute atomic E-state index is 10.6. The molecule has 0 radical (unpaired) electrons. The molecule has 0 amide bonds. The number of hydrogen-bond acceptors (Lipinski definition) is 4. The molecule has 0 aliphatic heterocycles. The van der Waals surface area contributed by atoms with E-state index in [1.54, 1.807) is 6.92 Å². The number of nitro groups is 1. The number of hydrogen-bond donors (Lipinski definition) is 1.